The summed E-state index contributed by atoms with van der Waals surface area (Å²) in [5.74, 6) is 1.38. The van der Waals surface area contributed by atoms with Crippen molar-refractivity contribution in [2.24, 2.45) is 0 Å². The molecule has 0 fully saturated rings. The van der Waals surface area contributed by atoms with E-state index in [2.05, 4.69) is 29.1 Å². The van der Waals surface area contributed by atoms with Crippen molar-refractivity contribution in [3.05, 3.63) is 72.2 Å². The summed E-state index contributed by atoms with van der Waals surface area (Å²) < 4.78 is 1.75. The molecule has 0 aliphatic rings. The van der Waals surface area contributed by atoms with Crippen molar-refractivity contribution < 1.29 is 4.79 Å². The van der Waals surface area contributed by atoms with Crippen LogP contribution in [-0.4, -0.2) is 25.9 Å². The van der Waals surface area contributed by atoms with Crippen LogP contribution in [0.4, 0.5) is 0 Å². The van der Waals surface area contributed by atoms with Gasteiger partial charge in [0.1, 0.15) is 6.29 Å². The number of aromatic nitrogens is 4. The molecule has 4 aromatic rings. The highest BCUT2D eigenvalue weighted by Gasteiger charge is 2.14. The molecule has 5 heteroatoms. The van der Waals surface area contributed by atoms with Crippen molar-refractivity contribution >= 4 is 12.1 Å². The predicted molar refractivity (Wildman–Crippen MR) is 101 cm³/mol. The van der Waals surface area contributed by atoms with Crippen LogP contribution in [-0.2, 0) is 6.42 Å². The van der Waals surface area contributed by atoms with Crippen LogP contribution in [0, 0.1) is 0 Å². The molecule has 0 spiro atoms. The van der Waals surface area contributed by atoms with Crippen molar-refractivity contribution in [2.75, 3.05) is 0 Å². The fraction of sp³-hybridized carbons (Fsp3) is 0.143. The molecule has 0 aliphatic carbocycles. The molecule has 2 heterocycles. The number of carbonyl (C=O) groups is 1. The van der Waals surface area contributed by atoms with Gasteiger partial charge < -0.3 is 0 Å². The molecule has 26 heavy (non-hydrogen) atoms. The van der Waals surface area contributed by atoms with Crippen molar-refractivity contribution in [2.45, 2.75) is 19.8 Å². The Kier molecular flexibility index (Phi) is 4.27. The third kappa shape index (κ3) is 2.99. The van der Waals surface area contributed by atoms with E-state index >= 15 is 0 Å². The zero-order chi connectivity index (χ0) is 17.9. The van der Waals surface area contributed by atoms with Gasteiger partial charge in [0, 0.05) is 29.3 Å². The number of hydrogen-bond acceptors (Lipinski definition) is 4. The van der Waals surface area contributed by atoms with Gasteiger partial charge in [0.15, 0.2) is 5.82 Å². The zero-order valence-electron chi connectivity index (χ0n) is 14.5. The highest BCUT2D eigenvalue weighted by molar-refractivity contribution is 5.83. The summed E-state index contributed by atoms with van der Waals surface area (Å²) in [4.78, 5) is 20.3. The van der Waals surface area contributed by atoms with E-state index in [4.69, 9.17) is 4.98 Å². The maximum Gasteiger partial charge on any atom is 0.253 e. The molecule has 0 amide bonds. The smallest absolute Gasteiger partial charge is 0.253 e. The molecule has 0 N–H and O–H groups in total. The largest absolute Gasteiger partial charge is 0.298 e. The van der Waals surface area contributed by atoms with E-state index in [0.717, 1.165) is 47.3 Å². The molecule has 128 valence electrons. The highest BCUT2D eigenvalue weighted by Crippen LogP contribution is 2.30. The molecule has 0 aliphatic heterocycles. The molecule has 4 rings (SSSR count). The number of benzene rings is 2. The Morgan fingerprint density at radius 1 is 0.962 bits per heavy atom. The monoisotopic (exact) mass is 342 g/mol. The minimum absolute atomic E-state index is 0.586. The summed E-state index contributed by atoms with van der Waals surface area (Å²) in [5.41, 5.74) is 4.45. The van der Waals surface area contributed by atoms with Crippen molar-refractivity contribution in [1.82, 2.24) is 19.6 Å². The minimum Gasteiger partial charge on any atom is -0.298 e. The van der Waals surface area contributed by atoms with Gasteiger partial charge in [-0.15, -0.1) is 5.10 Å². The van der Waals surface area contributed by atoms with Gasteiger partial charge >= 0.3 is 0 Å². The number of carbonyl (C=O) groups excluding carboxylic acids is 1. The summed E-state index contributed by atoms with van der Waals surface area (Å²) in [6.45, 7) is 2.11. The third-order valence-electron chi connectivity index (χ3n) is 4.25. The van der Waals surface area contributed by atoms with Gasteiger partial charge in [-0.1, -0.05) is 61.5 Å². The fourth-order valence-electron chi connectivity index (χ4n) is 2.96. The van der Waals surface area contributed by atoms with Crippen molar-refractivity contribution in [3.8, 4) is 22.4 Å². The molecule has 0 saturated carbocycles. The lowest BCUT2D eigenvalue weighted by Gasteiger charge is -2.10. The first-order chi connectivity index (χ1) is 12.8. The zero-order valence-corrected chi connectivity index (χ0v) is 14.5. The SMILES string of the molecule is CCCc1nc2nc(-c3ccc(C=O)cc3)c(-c3ccccc3)cn2n1. The molecule has 0 bridgehead atoms. The van der Waals surface area contributed by atoms with E-state index in [1.54, 1.807) is 16.6 Å². The quantitative estimate of drug-likeness (QED) is 0.509. The average Bonchev–Trinajstić information content (AvgIpc) is 3.09. The number of aryl methyl sites for hydroxylation is 1. The third-order valence-corrected chi connectivity index (χ3v) is 4.25. The van der Waals surface area contributed by atoms with Gasteiger partial charge in [0.2, 0.25) is 0 Å². The van der Waals surface area contributed by atoms with Gasteiger partial charge in [-0.2, -0.15) is 4.98 Å². The highest BCUT2D eigenvalue weighted by atomic mass is 16.1. The van der Waals surface area contributed by atoms with Crippen molar-refractivity contribution in [1.29, 1.82) is 0 Å². The average molecular weight is 342 g/mol. The second-order valence-electron chi connectivity index (χ2n) is 6.13. The van der Waals surface area contributed by atoms with Gasteiger partial charge in [-0.3, -0.25) is 4.79 Å². The predicted octanol–water partition coefficient (Wildman–Crippen LogP) is 4.22. The van der Waals surface area contributed by atoms with Gasteiger partial charge in [-0.25, -0.2) is 9.50 Å². The van der Waals surface area contributed by atoms with E-state index in [1.807, 2.05) is 36.5 Å². The lowest BCUT2D eigenvalue weighted by atomic mass is 10.0. The first-order valence-corrected chi connectivity index (χ1v) is 8.66. The van der Waals surface area contributed by atoms with E-state index in [1.165, 1.54) is 0 Å². The normalized spacial score (nSPS) is 11.0. The Bertz CT molecular complexity index is 1050. The second kappa shape index (κ2) is 6.88. The topological polar surface area (TPSA) is 60.2 Å². The van der Waals surface area contributed by atoms with Crippen LogP contribution in [0.25, 0.3) is 28.2 Å². The minimum atomic E-state index is 0.586. The van der Waals surface area contributed by atoms with Crippen LogP contribution < -0.4 is 0 Å². The summed E-state index contributed by atoms with van der Waals surface area (Å²) in [5, 5.41) is 4.55. The van der Waals surface area contributed by atoms with Crippen LogP contribution in [0.15, 0.2) is 60.8 Å². The molecule has 0 atom stereocenters. The summed E-state index contributed by atoms with van der Waals surface area (Å²) in [6, 6.07) is 17.5. The Morgan fingerprint density at radius 2 is 1.73 bits per heavy atom. The van der Waals surface area contributed by atoms with E-state index in [9.17, 15) is 4.79 Å². The van der Waals surface area contributed by atoms with Crippen LogP contribution in [0.5, 0.6) is 0 Å². The number of fused-ring (bicyclic) bond motifs is 1. The van der Waals surface area contributed by atoms with E-state index in [-0.39, 0.29) is 0 Å². The number of nitrogens with zero attached hydrogens (tertiary/aromatic N) is 4. The molecule has 5 nitrogen and oxygen atoms in total. The Hall–Kier alpha value is -3.34. The summed E-state index contributed by atoms with van der Waals surface area (Å²) >= 11 is 0. The molecule has 0 saturated heterocycles. The van der Waals surface area contributed by atoms with Crippen LogP contribution in [0.1, 0.15) is 29.5 Å². The first kappa shape index (κ1) is 16.1. The van der Waals surface area contributed by atoms with Gasteiger partial charge in [0.25, 0.3) is 5.78 Å². The van der Waals surface area contributed by atoms with E-state index < -0.39 is 0 Å². The summed E-state index contributed by atoms with van der Waals surface area (Å²) in [7, 11) is 0. The Labute approximate surface area is 151 Å². The summed E-state index contributed by atoms with van der Waals surface area (Å²) in [6.07, 6.45) is 4.64. The lowest BCUT2D eigenvalue weighted by molar-refractivity contribution is 0.112. The van der Waals surface area contributed by atoms with Crippen LogP contribution in [0.2, 0.25) is 0 Å². The molecule has 0 unspecified atom stereocenters. The number of aldehydes is 1. The second-order valence-corrected chi connectivity index (χ2v) is 6.13. The first-order valence-electron chi connectivity index (χ1n) is 8.66. The maximum atomic E-state index is 10.9. The number of hydrogen-bond donors (Lipinski definition) is 0. The van der Waals surface area contributed by atoms with Gasteiger partial charge in [0.05, 0.1) is 5.69 Å². The fourth-order valence-corrected chi connectivity index (χ4v) is 2.96. The van der Waals surface area contributed by atoms with Crippen LogP contribution >= 0.6 is 0 Å². The number of rotatable bonds is 5. The van der Waals surface area contributed by atoms with Gasteiger partial charge in [-0.05, 0) is 12.0 Å². The molecular weight excluding hydrogens is 324 g/mol. The molecule has 0 radical (unpaired) electrons. The van der Waals surface area contributed by atoms with E-state index in [0.29, 0.717) is 11.3 Å². The Morgan fingerprint density at radius 3 is 2.42 bits per heavy atom. The van der Waals surface area contributed by atoms with Crippen molar-refractivity contribution in [3.63, 3.8) is 0 Å². The maximum absolute atomic E-state index is 10.9. The molecule has 2 aromatic heterocycles. The van der Waals surface area contributed by atoms with Crippen LogP contribution in [0.3, 0.4) is 0 Å². The molecule has 2 aromatic carbocycles. The lowest BCUT2D eigenvalue weighted by Crippen LogP contribution is -1.97. The standard InChI is InChI=1S/C21H18N4O/c1-2-6-19-22-21-23-20(17-11-9-15(14-26)10-12-17)18(13-25(21)24-19)16-7-4-3-5-8-16/h3-5,7-14H,2,6H2,1H3. The molecular formula is C21H18N4O. The Balaban J connectivity index is 1.93.